The number of carbonyl (C=O) groups excluding carboxylic acids is 1. The molecule has 3 rings (SSSR count). The van der Waals surface area contributed by atoms with Crippen LogP contribution < -0.4 is 14.2 Å². The van der Waals surface area contributed by atoms with Crippen molar-refractivity contribution in [1.82, 2.24) is 14.6 Å². The zero-order chi connectivity index (χ0) is 15.5. The Labute approximate surface area is 126 Å². The van der Waals surface area contributed by atoms with Crippen molar-refractivity contribution in [3.05, 3.63) is 36.5 Å². The molecule has 2 aromatic heterocycles. The summed E-state index contributed by atoms with van der Waals surface area (Å²) in [5.74, 6) is 1.44. The van der Waals surface area contributed by atoms with Crippen LogP contribution in [0.3, 0.4) is 0 Å². The molecule has 7 heteroatoms. The number of carbonyl (C=O) groups is 1. The standard InChI is InChI=1S/C15H13N3O4/c1-20-12-4-3-10(7-13(12)21-2)11-5-6-16-14-8-15(22-9-19)17-18(11)14/h3-9H,1-2H3. The third kappa shape index (κ3) is 2.32. The van der Waals surface area contributed by atoms with Crippen molar-refractivity contribution >= 4 is 12.1 Å². The molecule has 0 fully saturated rings. The first-order valence-corrected chi connectivity index (χ1v) is 6.44. The second-order valence-electron chi connectivity index (χ2n) is 4.37. The Morgan fingerprint density at radius 2 is 1.91 bits per heavy atom. The Bertz CT molecular complexity index is 829. The summed E-state index contributed by atoms with van der Waals surface area (Å²) in [6.45, 7) is 0.331. The molecular formula is C15H13N3O4. The molecule has 0 radical (unpaired) electrons. The molecule has 0 unspecified atom stereocenters. The Kier molecular flexibility index (Phi) is 3.61. The van der Waals surface area contributed by atoms with E-state index in [0.717, 1.165) is 11.3 Å². The highest BCUT2D eigenvalue weighted by Gasteiger charge is 2.11. The van der Waals surface area contributed by atoms with Crippen LogP contribution in [-0.2, 0) is 4.79 Å². The van der Waals surface area contributed by atoms with Gasteiger partial charge in [-0.1, -0.05) is 0 Å². The van der Waals surface area contributed by atoms with Gasteiger partial charge in [-0.25, -0.2) is 9.50 Å². The summed E-state index contributed by atoms with van der Waals surface area (Å²) in [5, 5.41) is 4.21. The number of fused-ring (bicyclic) bond motifs is 1. The summed E-state index contributed by atoms with van der Waals surface area (Å²) in [5.41, 5.74) is 2.22. The van der Waals surface area contributed by atoms with Gasteiger partial charge in [-0.05, 0) is 24.3 Å². The lowest BCUT2D eigenvalue weighted by Gasteiger charge is -2.10. The summed E-state index contributed by atoms with van der Waals surface area (Å²) >= 11 is 0. The molecule has 0 aliphatic heterocycles. The van der Waals surface area contributed by atoms with Crippen LogP contribution in [0.5, 0.6) is 17.4 Å². The lowest BCUT2D eigenvalue weighted by Crippen LogP contribution is -1.97. The van der Waals surface area contributed by atoms with Gasteiger partial charge in [0.2, 0.25) is 5.88 Å². The number of benzene rings is 1. The molecule has 0 saturated heterocycles. The van der Waals surface area contributed by atoms with E-state index in [1.54, 1.807) is 31.0 Å². The van der Waals surface area contributed by atoms with Crippen molar-refractivity contribution in [3.8, 4) is 28.6 Å². The van der Waals surface area contributed by atoms with Crippen LogP contribution in [0, 0.1) is 0 Å². The number of hydrogen-bond donors (Lipinski definition) is 0. The molecule has 0 N–H and O–H groups in total. The van der Waals surface area contributed by atoms with Crippen molar-refractivity contribution in [2.75, 3.05) is 14.2 Å². The molecule has 2 heterocycles. The normalized spacial score (nSPS) is 10.5. The van der Waals surface area contributed by atoms with E-state index in [2.05, 4.69) is 10.1 Å². The van der Waals surface area contributed by atoms with E-state index in [-0.39, 0.29) is 5.88 Å². The minimum atomic E-state index is 0.190. The number of aromatic nitrogens is 3. The van der Waals surface area contributed by atoms with E-state index in [4.69, 9.17) is 14.2 Å². The maximum Gasteiger partial charge on any atom is 0.299 e. The van der Waals surface area contributed by atoms with Crippen LogP contribution in [0.4, 0.5) is 0 Å². The summed E-state index contributed by atoms with van der Waals surface area (Å²) < 4.78 is 16.9. The molecule has 0 spiro atoms. The summed E-state index contributed by atoms with van der Waals surface area (Å²) in [7, 11) is 3.16. The van der Waals surface area contributed by atoms with Crippen molar-refractivity contribution in [2.45, 2.75) is 0 Å². The van der Waals surface area contributed by atoms with Crippen molar-refractivity contribution < 1.29 is 19.0 Å². The van der Waals surface area contributed by atoms with Crippen LogP contribution in [0.15, 0.2) is 36.5 Å². The third-order valence-electron chi connectivity index (χ3n) is 3.18. The molecule has 0 aliphatic carbocycles. The fourth-order valence-corrected chi connectivity index (χ4v) is 2.20. The number of nitrogens with zero attached hydrogens (tertiary/aromatic N) is 3. The van der Waals surface area contributed by atoms with Gasteiger partial charge in [0.15, 0.2) is 17.1 Å². The average molecular weight is 299 g/mol. The monoisotopic (exact) mass is 299 g/mol. The molecule has 1 aromatic carbocycles. The lowest BCUT2D eigenvalue weighted by molar-refractivity contribution is -0.120. The van der Waals surface area contributed by atoms with Crippen molar-refractivity contribution in [1.29, 1.82) is 0 Å². The molecule has 22 heavy (non-hydrogen) atoms. The first kappa shape index (κ1) is 13.9. The lowest BCUT2D eigenvalue weighted by atomic mass is 10.1. The maximum atomic E-state index is 10.4. The van der Waals surface area contributed by atoms with Crippen molar-refractivity contribution in [2.24, 2.45) is 0 Å². The third-order valence-corrected chi connectivity index (χ3v) is 3.18. The Hall–Kier alpha value is -3.09. The topological polar surface area (TPSA) is 75.0 Å². The zero-order valence-corrected chi connectivity index (χ0v) is 12.0. The van der Waals surface area contributed by atoms with Gasteiger partial charge in [-0.15, -0.1) is 5.10 Å². The molecule has 0 saturated carbocycles. The predicted molar refractivity (Wildman–Crippen MR) is 78.2 cm³/mol. The molecule has 7 nitrogen and oxygen atoms in total. The van der Waals surface area contributed by atoms with E-state index in [9.17, 15) is 4.79 Å². The number of ether oxygens (including phenoxy) is 3. The molecule has 0 amide bonds. The molecule has 0 aliphatic rings. The van der Waals surface area contributed by atoms with Gasteiger partial charge >= 0.3 is 0 Å². The van der Waals surface area contributed by atoms with E-state index in [1.165, 1.54) is 0 Å². The van der Waals surface area contributed by atoms with E-state index in [1.807, 2.05) is 24.3 Å². The van der Waals surface area contributed by atoms with Crippen LogP contribution in [0.1, 0.15) is 0 Å². The van der Waals surface area contributed by atoms with Gasteiger partial charge in [0.05, 0.1) is 19.9 Å². The van der Waals surface area contributed by atoms with E-state index < -0.39 is 0 Å². The minimum absolute atomic E-state index is 0.190. The molecule has 3 aromatic rings. The average Bonchev–Trinajstić information content (AvgIpc) is 2.97. The summed E-state index contributed by atoms with van der Waals surface area (Å²) in [6.07, 6.45) is 1.66. The van der Waals surface area contributed by atoms with Crippen LogP contribution in [0.2, 0.25) is 0 Å². The fourth-order valence-electron chi connectivity index (χ4n) is 2.20. The molecule has 112 valence electrons. The number of methoxy groups -OCH3 is 2. The maximum absolute atomic E-state index is 10.4. The quantitative estimate of drug-likeness (QED) is 0.670. The second-order valence-corrected chi connectivity index (χ2v) is 4.37. The van der Waals surface area contributed by atoms with Crippen LogP contribution in [0.25, 0.3) is 16.9 Å². The molecule has 0 bridgehead atoms. The second kappa shape index (κ2) is 5.72. The molecular weight excluding hydrogens is 286 g/mol. The highest BCUT2D eigenvalue weighted by atomic mass is 16.5. The van der Waals surface area contributed by atoms with Gasteiger partial charge in [0, 0.05) is 17.8 Å². The van der Waals surface area contributed by atoms with Gasteiger partial charge in [0.25, 0.3) is 6.47 Å². The van der Waals surface area contributed by atoms with Gasteiger partial charge in [-0.3, -0.25) is 4.79 Å². The van der Waals surface area contributed by atoms with Crippen molar-refractivity contribution in [3.63, 3.8) is 0 Å². The highest BCUT2D eigenvalue weighted by Crippen LogP contribution is 2.32. The number of rotatable bonds is 5. The Morgan fingerprint density at radius 3 is 2.64 bits per heavy atom. The predicted octanol–water partition coefficient (Wildman–Crippen LogP) is 1.95. The highest BCUT2D eigenvalue weighted by molar-refractivity contribution is 5.66. The van der Waals surface area contributed by atoms with E-state index in [0.29, 0.717) is 23.6 Å². The largest absolute Gasteiger partial charge is 0.493 e. The van der Waals surface area contributed by atoms with Gasteiger partial charge < -0.3 is 14.2 Å². The Balaban J connectivity index is 2.15. The number of hydrogen-bond acceptors (Lipinski definition) is 6. The summed E-state index contributed by atoms with van der Waals surface area (Å²) in [4.78, 5) is 14.6. The minimum Gasteiger partial charge on any atom is -0.493 e. The van der Waals surface area contributed by atoms with E-state index >= 15 is 0 Å². The smallest absolute Gasteiger partial charge is 0.299 e. The summed E-state index contributed by atoms with van der Waals surface area (Å²) in [6, 6.07) is 8.94. The Morgan fingerprint density at radius 1 is 1.09 bits per heavy atom. The SMILES string of the molecule is COc1ccc(-c2ccnc3cc(OC=O)nn23)cc1OC. The van der Waals surface area contributed by atoms with Crippen LogP contribution >= 0.6 is 0 Å². The zero-order valence-electron chi connectivity index (χ0n) is 12.0. The first-order chi connectivity index (χ1) is 10.8. The van der Waals surface area contributed by atoms with Gasteiger partial charge in [0.1, 0.15) is 0 Å². The fraction of sp³-hybridized carbons (Fsp3) is 0.133. The first-order valence-electron chi connectivity index (χ1n) is 6.44. The van der Waals surface area contributed by atoms with Crippen LogP contribution in [-0.4, -0.2) is 35.3 Å². The van der Waals surface area contributed by atoms with Gasteiger partial charge in [-0.2, -0.15) is 0 Å². The molecule has 0 atom stereocenters.